The van der Waals surface area contributed by atoms with Crippen molar-refractivity contribution in [1.29, 1.82) is 0 Å². The minimum Gasteiger partial charge on any atom is -0.375 e. The van der Waals surface area contributed by atoms with Gasteiger partial charge >= 0.3 is 0 Å². The topological polar surface area (TPSA) is 12.0 Å². The van der Waals surface area contributed by atoms with Crippen molar-refractivity contribution in [2.45, 2.75) is 44.6 Å². The summed E-state index contributed by atoms with van der Waals surface area (Å²) in [5.41, 5.74) is 7.35. The molecule has 0 aromatic heterocycles. The average molecular weight is 263 g/mol. The Morgan fingerprint density at radius 1 is 1.15 bits per heavy atom. The van der Waals surface area contributed by atoms with Crippen LogP contribution in [0.5, 0.6) is 0 Å². The predicted molar refractivity (Wildman–Crippen MR) is 84.4 cm³/mol. The van der Waals surface area contributed by atoms with Crippen LogP contribution in [-0.4, -0.2) is 0 Å². The minimum absolute atomic E-state index is 0.0779. The Labute approximate surface area is 121 Å². The largest absolute Gasteiger partial charge is 0.375 e. The summed E-state index contributed by atoms with van der Waals surface area (Å²) >= 11 is 0. The Kier molecular flexibility index (Phi) is 2.33. The Hall–Kier alpha value is -1.76. The summed E-state index contributed by atoms with van der Waals surface area (Å²) in [7, 11) is 0. The maximum atomic E-state index is 3.80. The molecule has 0 spiro atoms. The highest BCUT2D eigenvalue weighted by molar-refractivity contribution is 5.67. The lowest BCUT2D eigenvalue weighted by Crippen LogP contribution is -2.29. The molecule has 1 heteroatoms. The fourth-order valence-corrected chi connectivity index (χ4v) is 4.01. The zero-order valence-electron chi connectivity index (χ0n) is 12.4. The lowest BCUT2D eigenvalue weighted by Gasteiger charge is -2.27. The number of rotatable bonds is 1. The molecule has 0 unspecified atom stereocenters. The van der Waals surface area contributed by atoms with Crippen LogP contribution in [-0.2, 0) is 12.0 Å². The number of hydrogen-bond acceptors (Lipinski definition) is 1. The van der Waals surface area contributed by atoms with Crippen molar-refractivity contribution in [3.63, 3.8) is 0 Å². The van der Waals surface area contributed by atoms with Gasteiger partial charge in [0.25, 0.3) is 0 Å². The molecular formula is C19H21N. The molecule has 0 radical (unpaired) electrons. The van der Waals surface area contributed by atoms with E-state index in [1.165, 1.54) is 27.9 Å². The molecule has 2 aliphatic rings. The molecule has 102 valence electrons. The standard InChI is InChI=1S/C19H21N/c1-12(2)13-8-9-18-15(10-13)17-11-14-6-4-5-7-16(14)19(17,3)20-18/h4-10,12,17,20H,11H2,1-3H3/t17-,19-/m1/s1. The average Bonchev–Trinajstić information content (AvgIpc) is 2.87. The fraction of sp³-hybridized carbons (Fsp3) is 0.368. The van der Waals surface area contributed by atoms with E-state index < -0.39 is 0 Å². The maximum absolute atomic E-state index is 3.80. The van der Waals surface area contributed by atoms with E-state index in [2.05, 4.69) is 68.6 Å². The molecule has 1 nitrogen and oxygen atoms in total. The maximum Gasteiger partial charge on any atom is 0.0672 e. The molecule has 0 saturated heterocycles. The highest BCUT2D eigenvalue weighted by Gasteiger charge is 2.48. The quantitative estimate of drug-likeness (QED) is 0.780. The van der Waals surface area contributed by atoms with Crippen molar-refractivity contribution in [3.05, 3.63) is 64.7 Å². The van der Waals surface area contributed by atoms with Crippen molar-refractivity contribution < 1.29 is 0 Å². The Morgan fingerprint density at radius 3 is 2.75 bits per heavy atom. The van der Waals surface area contributed by atoms with Crippen LogP contribution in [0.3, 0.4) is 0 Å². The van der Waals surface area contributed by atoms with Crippen molar-refractivity contribution in [3.8, 4) is 0 Å². The van der Waals surface area contributed by atoms with Crippen LogP contribution in [0.15, 0.2) is 42.5 Å². The van der Waals surface area contributed by atoms with Crippen molar-refractivity contribution in [1.82, 2.24) is 0 Å². The van der Waals surface area contributed by atoms with E-state index in [0.29, 0.717) is 11.8 Å². The number of fused-ring (bicyclic) bond motifs is 5. The first-order chi connectivity index (χ1) is 9.59. The van der Waals surface area contributed by atoms with Crippen LogP contribution >= 0.6 is 0 Å². The van der Waals surface area contributed by atoms with Gasteiger partial charge in [-0.3, -0.25) is 0 Å². The molecule has 0 saturated carbocycles. The van der Waals surface area contributed by atoms with E-state index in [-0.39, 0.29) is 5.54 Å². The van der Waals surface area contributed by atoms with Crippen molar-refractivity contribution in [2.24, 2.45) is 0 Å². The van der Waals surface area contributed by atoms with E-state index in [0.717, 1.165) is 6.42 Å². The van der Waals surface area contributed by atoms with E-state index in [4.69, 9.17) is 0 Å². The molecule has 0 amide bonds. The fourth-order valence-electron chi connectivity index (χ4n) is 4.01. The molecule has 0 fully saturated rings. The normalized spacial score (nSPS) is 26.1. The summed E-state index contributed by atoms with van der Waals surface area (Å²) in [6, 6.07) is 15.9. The van der Waals surface area contributed by atoms with Crippen LogP contribution in [0.2, 0.25) is 0 Å². The summed E-state index contributed by atoms with van der Waals surface area (Å²) in [6.07, 6.45) is 1.16. The summed E-state index contributed by atoms with van der Waals surface area (Å²) in [6.45, 7) is 6.90. The van der Waals surface area contributed by atoms with Gasteiger partial charge in [-0.15, -0.1) is 0 Å². The zero-order valence-corrected chi connectivity index (χ0v) is 12.4. The van der Waals surface area contributed by atoms with E-state index in [1.807, 2.05) is 0 Å². The van der Waals surface area contributed by atoms with E-state index in [9.17, 15) is 0 Å². The van der Waals surface area contributed by atoms with E-state index in [1.54, 1.807) is 0 Å². The molecular weight excluding hydrogens is 242 g/mol. The molecule has 1 aliphatic carbocycles. The van der Waals surface area contributed by atoms with Crippen LogP contribution in [0.4, 0.5) is 5.69 Å². The van der Waals surface area contributed by atoms with Gasteiger partial charge in [0.15, 0.2) is 0 Å². The van der Waals surface area contributed by atoms with Gasteiger partial charge in [0.05, 0.1) is 5.54 Å². The zero-order chi connectivity index (χ0) is 13.9. The molecule has 20 heavy (non-hydrogen) atoms. The summed E-state index contributed by atoms with van der Waals surface area (Å²) in [5, 5.41) is 3.80. The first kappa shape index (κ1) is 12.0. The molecule has 2 aromatic carbocycles. The van der Waals surface area contributed by atoms with Crippen LogP contribution in [0.25, 0.3) is 0 Å². The van der Waals surface area contributed by atoms with Gasteiger partial charge in [-0.05, 0) is 47.6 Å². The second-order valence-electron chi connectivity index (χ2n) is 6.74. The number of hydrogen-bond donors (Lipinski definition) is 1. The van der Waals surface area contributed by atoms with Gasteiger partial charge in [0.1, 0.15) is 0 Å². The van der Waals surface area contributed by atoms with Crippen LogP contribution in [0.1, 0.15) is 54.9 Å². The Balaban J connectivity index is 1.85. The number of benzene rings is 2. The summed E-state index contributed by atoms with van der Waals surface area (Å²) in [5.74, 6) is 1.17. The molecule has 2 atom stereocenters. The third-order valence-electron chi connectivity index (χ3n) is 5.21. The van der Waals surface area contributed by atoms with Gasteiger partial charge in [-0.1, -0.05) is 50.2 Å². The van der Waals surface area contributed by atoms with Gasteiger partial charge in [-0.25, -0.2) is 0 Å². The Morgan fingerprint density at radius 2 is 1.95 bits per heavy atom. The number of nitrogens with one attached hydrogen (secondary N) is 1. The van der Waals surface area contributed by atoms with Gasteiger partial charge in [0, 0.05) is 11.6 Å². The lowest BCUT2D eigenvalue weighted by atomic mass is 9.84. The lowest BCUT2D eigenvalue weighted by molar-refractivity contribution is 0.491. The monoisotopic (exact) mass is 263 g/mol. The second kappa shape index (κ2) is 3.88. The predicted octanol–water partition coefficient (Wildman–Crippen LogP) is 4.79. The first-order valence-electron chi connectivity index (χ1n) is 7.60. The first-order valence-corrected chi connectivity index (χ1v) is 7.60. The highest BCUT2D eigenvalue weighted by atomic mass is 15.0. The molecule has 4 rings (SSSR count). The highest BCUT2D eigenvalue weighted by Crippen LogP contribution is 2.55. The molecule has 1 heterocycles. The third-order valence-corrected chi connectivity index (χ3v) is 5.21. The van der Waals surface area contributed by atoms with Crippen LogP contribution < -0.4 is 5.32 Å². The van der Waals surface area contributed by atoms with Gasteiger partial charge in [0.2, 0.25) is 0 Å². The summed E-state index contributed by atoms with van der Waals surface area (Å²) in [4.78, 5) is 0. The molecule has 1 aliphatic heterocycles. The van der Waals surface area contributed by atoms with Crippen LogP contribution in [0, 0.1) is 0 Å². The smallest absolute Gasteiger partial charge is 0.0672 e. The molecule has 0 bridgehead atoms. The summed E-state index contributed by atoms with van der Waals surface area (Å²) < 4.78 is 0. The Bertz CT molecular complexity index is 686. The third kappa shape index (κ3) is 1.44. The second-order valence-corrected chi connectivity index (χ2v) is 6.74. The van der Waals surface area contributed by atoms with E-state index >= 15 is 0 Å². The van der Waals surface area contributed by atoms with Gasteiger partial charge in [-0.2, -0.15) is 0 Å². The minimum atomic E-state index is 0.0779. The van der Waals surface area contributed by atoms with Crippen molar-refractivity contribution in [2.75, 3.05) is 5.32 Å². The van der Waals surface area contributed by atoms with Crippen molar-refractivity contribution >= 4 is 5.69 Å². The molecule has 2 aromatic rings. The SMILES string of the molecule is CC(C)c1ccc2c(c1)[C@H]1Cc3ccccc3[C@@]1(C)N2. The van der Waals surface area contributed by atoms with Gasteiger partial charge < -0.3 is 5.32 Å². The number of anilines is 1. The molecule has 1 N–H and O–H groups in total.